The molecule has 0 aromatic heterocycles. The Kier molecular flexibility index (Phi) is 4.39. The van der Waals surface area contributed by atoms with Crippen LogP contribution in [-0.2, 0) is 6.42 Å². The van der Waals surface area contributed by atoms with Crippen LogP contribution in [0.2, 0.25) is 0 Å². The van der Waals surface area contributed by atoms with Crippen molar-refractivity contribution >= 4 is 11.6 Å². The maximum absolute atomic E-state index is 8.80. The first-order valence-corrected chi connectivity index (χ1v) is 4.65. The van der Waals surface area contributed by atoms with E-state index >= 15 is 0 Å². The summed E-state index contributed by atoms with van der Waals surface area (Å²) in [6.45, 7) is 0.152. The topological polar surface area (TPSA) is 20.2 Å². The van der Waals surface area contributed by atoms with E-state index in [1.54, 1.807) is 0 Å². The molecule has 0 aliphatic carbocycles. The first kappa shape index (κ1) is 10.1. The Morgan fingerprint density at radius 1 is 1.31 bits per heavy atom. The van der Waals surface area contributed by atoms with E-state index < -0.39 is 0 Å². The van der Waals surface area contributed by atoms with E-state index in [4.69, 9.17) is 16.7 Å². The number of halogens is 1. The summed E-state index contributed by atoms with van der Waals surface area (Å²) in [4.78, 5) is 0. The molecule has 0 spiro atoms. The first-order valence-electron chi connectivity index (χ1n) is 4.12. The van der Waals surface area contributed by atoms with Crippen LogP contribution >= 0.6 is 11.6 Å². The van der Waals surface area contributed by atoms with Crippen LogP contribution in [0.3, 0.4) is 0 Å². The highest BCUT2D eigenvalue weighted by atomic mass is 35.5. The molecule has 0 atom stereocenters. The molecule has 2 heteroatoms. The Balaban J connectivity index is 2.90. The SMILES string of the molecule is OCCc1ccccc1C#CCCl. The Morgan fingerprint density at radius 3 is 2.77 bits per heavy atom. The van der Waals surface area contributed by atoms with Crippen LogP contribution in [0.4, 0.5) is 0 Å². The van der Waals surface area contributed by atoms with Gasteiger partial charge in [0.2, 0.25) is 0 Å². The van der Waals surface area contributed by atoms with Crippen molar-refractivity contribution in [2.45, 2.75) is 6.42 Å². The average molecular weight is 195 g/mol. The van der Waals surface area contributed by atoms with Crippen molar-refractivity contribution in [3.8, 4) is 11.8 Å². The van der Waals surface area contributed by atoms with Crippen molar-refractivity contribution in [2.75, 3.05) is 12.5 Å². The molecule has 0 saturated heterocycles. The molecule has 0 aliphatic rings. The van der Waals surface area contributed by atoms with Gasteiger partial charge in [-0.05, 0) is 18.1 Å². The molecule has 0 heterocycles. The number of benzene rings is 1. The summed E-state index contributed by atoms with van der Waals surface area (Å²) in [5.41, 5.74) is 2.03. The van der Waals surface area contributed by atoms with E-state index in [1.807, 2.05) is 24.3 Å². The summed E-state index contributed by atoms with van der Waals surface area (Å²) in [5.74, 6) is 6.09. The molecule has 0 saturated carbocycles. The summed E-state index contributed by atoms with van der Waals surface area (Å²) in [6.07, 6.45) is 0.646. The van der Waals surface area contributed by atoms with Gasteiger partial charge in [0.1, 0.15) is 0 Å². The predicted octanol–water partition coefficient (Wildman–Crippen LogP) is 1.81. The van der Waals surface area contributed by atoms with Crippen molar-refractivity contribution in [2.24, 2.45) is 0 Å². The van der Waals surface area contributed by atoms with Crippen molar-refractivity contribution in [3.05, 3.63) is 35.4 Å². The molecule has 0 aliphatic heterocycles. The van der Waals surface area contributed by atoms with Gasteiger partial charge in [0.15, 0.2) is 0 Å². The maximum Gasteiger partial charge on any atom is 0.0839 e. The largest absolute Gasteiger partial charge is 0.396 e. The Hall–Kier alpha value is -0.970. The molecule has 1 nitrogen and oxygen atoms in total. The molecular formula is C11H11ClO. The van der Waals surface area contributed by atoms with E-state index in [9.17, 15) is 0 Å². The van der Waals surface area contributed by atoms with Crippen molar-refractivity contribution in [1.82, 2.24) is 0 Å². The Bertz CT molecular complexity index is 322. The highest BCUT2D eigenvalue weighted by Crippen LogP contribution is 2.07. The fourth-order valence-electron chi connectivity index (χ4n) is 1.11. The molecule has 1 aromatic carbocycles. The zero-order valence-corrected chi connectivity index (χ0v) is 8.01. The standard InChI is InChI=1S/C11H11ClO/c12-8-3-6-10-4-1-2-5-11(10)7-9-13/h1-2,4-5,13H,7-9H2. The van der Waals surface area contributed by atoms with Gasteiger partial charge in [-0.25, -0.2) is 0 Å². The molecule has 68 valence electrons. The highest BCUT2D eigenvalue weighted by Gasteiger charge is 1.96. The highest BCUT2D eigenvalue weighted by molar-refractivity contribution is 6.19. The zero-order valence-electron chi connectivity index (χ0n) is 7.26. The molecule has 1 rings (SSSR count). The minimum Gasteiger partial charge on any atom is -0.396 e. The monoisotopic (exact) mass is 194 g/mol. The van der Waals surface area contributed by atoms with Crippen molar-refractivity contribution in [1.29, 1.82) is 0 Å². The van der Waals surface area contributed by atoms with Crippen LogP contribution in [0.15, 0.2) is 24.3 Å². The van der Waals surface area contributed by atoms with E-state index in [-0.39, 0.29) is 6.61 Å². The fourth-order valence-corrected chi connectivity index (χ4v) is 1.18. The van der Waals surface area contributed by atoms with Gasteiger partial charge in [0.05, 0.1) is 5.88 Å². The minimum atomic E-state index is 0.152. The van der Waals surface area contributed by atoms with Crippen LogP contribution in [0.5, 0.6) is 0 Å². The second kappa shape index (κ2) is 5.64. The van der Waals surface area contributed by atoms with Gasteiger partial charge in [0, 0.05) is 12.2 Å². The normalized spacial score (nSPS) is 9.08. The van der Waals surface area contributed by atoms with Crippen molar-refractivity contribution < 1.29 is 5.11 Å². The quantitative estimate of drug-likeness (QED) is 0.563. The number of aliphatic hydroxyl groups is 1. The minimum absolute atomic E-state index is 0.152. The van der Waals surface area contributed by atoms with Gasteiger partial charge in [-0.2, -0.15) is 0 Å². The summed E-state index contributed by atoms with van der Waals surface area (Å²) in [6, 6.07) is 7.77. The summed E-state index contributed by atoms with van der Waals surface area (Å²) < 4.78 is 0. The summed E-state index contributed by atoms with van der Waals surface area (Å²) in [7, 11) is 0. The molecule has 0 radical (unpaired) electrons. The molecule has 0 bridgehead atoms. The smallest absolute Gasteiger partial charge is 0.0839 e. The lowest BCUT2D eigenvalue weighted by molar-refractivity contribution is 0.299. The van der Waals surface area contributed by atoms with Crippen LogP contribution < -0.4 is 0 Å². The van der Waals surface area contributed by atoms with Gasteiger partial charge >= 0.3 is 0 Å². The Labute approximate surface area is 83.4 Å². The lowest BCUT2D eigenvalue weighted by Gasteiger charge is -2.00. The van der Waals surface area contributed by atoms with E-state index in [0.29, 0.717) is 12.3 Å². The second-order valence-corrected chi connectivity index (χ2v) is 2.83. The molecule has 13 heavy (non-hydrogen) atoms. The van der Waals surface area contributed by atoms with Gasteiger partial charge in [-0.15, -0.1) is 11.6 Å². The molecule has 1 aromatic rings. The summed E-state index contributed by atoms with van der Waals surface area (Å²) in [5, 5.41) is 8.80. The third kappa shape index (κ3) is 3.10. The van der Waals surface area contributed by atoms with E-state index in [2.05, 4.69) is 11.8 Å². The van der Waals surface area contributed by atoms with Gasteiger partial charge in [0.25, 0.3) is 0 Å². The second-order valence-electron chi connectivity index (χ2n) is 2.57. The number of aliphatic hydroxyl groups excluding tert-OH is 1. The number of rotatable bonds is 2. The first-order chi connectivity index (χ1) is 6.38. The predicted molar refractivity (Wildman–Crippen MR) is 54.8 cm³/mol. The van der Waals surface area contributed by atoms with Crippen LogP contribution in [-0.4, -0.2) is 17.6 Å². The lowest BCUT2D eigenvalue weighted by atomic mass is 10.1. The fraction of sp³-hybridized carbons (Fsp3) is 0.273. The van der Waals surface area contributed by atoms with Crippen molar-refractivity contribution in [3.63, 3.8) is 0 Å². The average Bonchev–Trinajstić information content (AvgIpc) is 2.17. The maximum atomic E-state index is 8.80. The number of alkyl halides is 1. The zero-order chi connectivity index (χ0) is 9.52. The lowest BCUT2D eigenvalue weighted by Crippen LogP contribution is -1.93. The molecular weight excluding hydrogens is 184 g/mol. The van der Waals surface area contributed by atoms with Gasteiger partial charge in [-0.3, -0.25) is 0 Å². The third-order valence-electron chi connectivity index (χ3n) is 1.69. The number of hydrogen-bond donors (Lipinski definition) is 1. The molecule has 0 amide bonds. The van der Waals surface area contributed by atoms with Crippen LogP contribution in [0.1, 0.15) is 11.1 Å². The van der Waals surface area contributed by atoms with Gasteiger partial charge in [-0.1, -0.05) is 30.0 Å². The third-order valence-corrected chi connectivity index (χ3v) is 1.82. The van der Waals surface area contributed by atoms with Crippen LogP contribution in [0, 0.1) is 11.8 Å². The molecule has 0 fully saturated rings. The Morgan fingerprint density at radius 2 is 2.08 bits per heavy atom. The van der Waals surface area contributed by atoms with E-state index in [1.165, 1.54) is 0 Å². The summed E-state index contributed by atoms with van der Waals surface area (Å²) >= 11 is 5.46. The van der Waals surface area contributed by atoms with E-state index in [0.717, 1.165) is 11.1 Å². The number of hydrogen-bond acceptors (Lipinski definition) is 1. The molecule has 0 unspecified atom stereocenters. The van der Waals surface area contributed by atoms with Gasteiger partial charge < -0.3 is 5.11 Å². The molecule has 1 N–H and O–H groups in total. The van der Waals surface area contributed by atoms with Crippen LogP contribution in [0.25, 0.3) is 0 Å².